The fraction of sp³-hybridized carbons (Fsp3) is 0.529. The molecule has 0 bridgehead atoms. The first-order chi connectivity index (χ1) is 9.21. The zero-order chi connectivity index (χ0) is 14.1. The largest absolute Gasteiger partial charge is 0.310 e. The summed E-state index contributed by atoms with van der Waals surface area (Å²) in [5.41, 5.74) is 2.70. The lowest BCUT2D eigenvalue weighted by atomic mass is 9.98. The first-order valence-electron chi connectivity index (χ1n) is 7.34. The van der Waals surface area contributed by atoms with E-state index in [1.165, 1.54) is 22.5 Å². The van der Waals surface area contributed by atoms with Gasteiger partial charge in [-0.1, -0.05) is 45.1 Å². The summed E-state index contributed by atoms with van der Waals surface area (Å²) in [6.07, 6.45) is 3.27. The molecule has 19 heavy (non-hydrogen) atoms. The fourth-order valence-electron chi connectivity index (χ4n) is 2.02. The highest BCUT2D eigenvalue weighted by Crippen LogP contribution is 2.25. The molecular formula is C17H27NS. The monoisotopic (exact) mass is 277 g/mol. The predicted molar refractivity (Wildman–Crippen MR) is 87.9 cm³/mol. The van der Waals surface area contributed by atoms with Crippen LogP contribution in [0.2, 0.25) is 0 Å². The van der Waals surface area contributed by atoms with E-state index < -0.39 is 0 Å². The highest BCUT2D eigenvalue weighted by Gasteiger charge is 2.11. The van der Waals surface area contributed by atoms with Crippen molar-refractivity contribution in [3.63, 3.8) is 0 Å². The fourth-order valence-corrected chi connectivity index (χ4v) is 2.68. The van der Waals surface area contributed by atoms with E-state index in [0.717, 1.165) is 25.1 Å². The smallest absolute Gasteiger partial charge is 0.0357 e. The van der Waals surface area contributed by atoms with Gasteiger partial charge in [0.15, 0.2) is 0 Å². The minimum absolute atomic E-state index is 0.410. The molecule has 0 saturated carbocycles. The van der Waals surface area contributed by atoms with Crippen molar-refractivity contribution in [2.24, 2.45) is 0 Å². The quantitative estimate of drug-likeness (QED) is 0.492. The van der Waals surface area contributed by atoms with Gasteiger partial charge in [-0.05, 0) is 49.3 Å². The van der Waals surface area contributed by atoms with E-state index in [1.807, 2.05) is 11.8 Å². The molecule has 1 N–H and O–H groups in total. The summed E-state index contributed by atoms with van der Waals surface area (Å²) in [7, 11) is 0. The molecule has 1 aromatic carbocycles. The highest BCUT2D eigenvalue weighted by molar-refractivity contribution is 7.99. The number of hydrogen-bond acceptors (Lipinski definition) is 2. The maximum Gasteiger partial charge on any atom is 0.0357 e. The van der Waals surface area contributed by atoms with E-state index in [9.17, 15) is 0 Å². The molecule has 0 radical (unpaired) electrons. The molecule has 0 heterocycles. The molecule has 0 amide bonds. The average molecular weight is 277 g/mol. The first-order valence-corrected chi connectivity index (χ1v) is 8.32. The van der Waals surface area contributed by atoms with Crippen LogP contribution in [0.3, 0.4) is 0 Å². The third-order valence-corrected chi connectivity index (χ3v) is 4.12. The molecule has 2 heteroatoms. The summed E-state index contributed by atoms with van der Waals surface area (Å²) >= 11 is 1.89. The van der Waals surface area contributed by atoms with Crippen molar-refractivity contribution < 1.29 is 0 Å². The second-order valence-corrected chi connectivity index (χ2v) is 6.15. The van der Waals surface area contributed by atoms with Crippen molar-refractivity contribution in [2.45, 2.75) is 51.0 Å². The van der Waals surface area contributed by atoms with Crippen LogP contribution in [0.25, 0.3) is 0 Å². The van der Waals surface area contributed by atoms with Crippen LogP contribution in [0, 0.1) is 0 Å². The van der Waals surface area contributed by atoms with Gasteiger partial charge < -0.3 is 5.32 Å². The van der Waals surface area contributed by atoms with Crippen molar-refractivity contribution in [1.29, 1.82) is 0 Å². The Balaban J connectivity index is 2.74. The zero-order valence-electron chi connectivity index (χ0n) is 12.5. The maximum atomic E-state index is 4.15. The summed E-state index contributed by atoms with van der Waals surface area (Å²) in [5, 5.41) is 3.63. The van der Waals surface area contributed by atoms with E-state index in [0.29, 0.717) is 6.04 Å². The minimum atomic E-state index is 0.410. The lowest BCUT2D eigenvalue weighted by Crippen LogP contribution is -2.22. The lowest BCUT2D eigenvalue weighted by molar-refractivity contribution is 0.523. The van der Waals surface area contributed by atoms with Gasteiger partial charge in [0.1, 0.15) is 0 Å². The maximum absolute atomic E-state index is 4.15. The molecule has 1 atom stereocenters. The van der Waals surface area contributed by atoms with E-state index in [4.69, 9.17) is 0 Å². The van der Waals surface area contributed by atoms with Crippen molar-refractivity contribution in [2.75, 3.05) is 12.3 Å². The van der Waals surface area contributed by atoms with Crippen molar-refractivity contribution in [1.82, 2.24) is 5.32 Å². The van der Waals surface area contributed by atoms with E-state index >= 15 is 0 Å². The number of rotatable bonds is 9. The molecule has 0 saturated heterocycles. The summed E-state index contributed by atoms with van der Waals surface area (Å²) < 4.78 is 0. The van der Waals surface area contributed by atoms with Crippen LogP contribution >= 0.6 is 11.8 Å². The van der Waals surface area contributed by atoms with Gasteiger partial charge in [-0.15, -0.1) is 11.8 Å². The molecule has 0 aromatic heterocycles. The second-order valence-electron chi connectivity index (χ2n) is 4.82. The Morgan fingerprint density at radius 1 is 1.21 bits per heavy atom. The van der Waals surface area contributed by atoms with E-state index in [-0.39, 0.29) is 0 Å². The average Bonchev–Trinajstić information content (AvgIpc) is 2.44. The molecule has 0 aliphatic carbocycles. The Labute approximate surface area is 122 Å². The Bertz CT molecular complexity index is 369. The molecule has 1 aromatic rings. The van der Waals surface area contributed by atoms with Crippen LogP contribution in [0.1, 0.15) is 51.6 Å². The number of hydrogen-bond donors (Lipinski definition) is 1. The molecule has 106 valence electrons. The molecular weight excluding hydrogens is 250 g/mol. The zero-order valence-corrected chi connectivity index (χ0v) is 13.4. The number of benzene rings is 1. The summed E-state index contributed by atoms with van der Waals surface area (Å²) in [5.74, 6) is 1.13. The second kappa shape index (κ2) is 9.22. The molecule has 0 spiro atoms. The van der Waals surface area contributed by atoms with Crippen molar-refractivity contribution in [3.05, 3.63) is 42.0 Å². The molecule has 1 rings (SSSR count). The standard InChI is InChI=1S/C17H27NS/c1-5-12-18-17(13-14(4)6-2)15-8-10-16(11-9-15)19-7-3/h8-11,17-18H,4-7,12-13H2,1-3H3. The first kappa shape index (κ1) is 16.3. The molecule has 0 aliphatic heterocycles. The van der Waals surface area contributed by atoms with Gasteiger partial charge in [-0.2, -0.15) is 0 Å². The van der Waals surface area contributed by atoms with Gasteiger partial charge in [0.05, 0.1) is 0 Å². The summed E-state index contributed by atoms with van der Waals surface area (Å²) in [4.78, 5) is 1.36. The van der Waals surface area contributed by atoms with Crippen LogP contribution in [-0.2, 0) is 0 Å². The highest BCUT2D eigenvalue weighted by atomic mass is 32.2. The van der Waals surface area contributed by atoms with Gasteiger partial charge in [0, 0.05) is 10.9 Å². The predicted octanol–water partition coefficient (Wildman–Crippen LogP) is 5.20. The Morgan fingerprint density at radius 2 is 1.89 bits per heavy atom. The number of nitrogens with one attached hydrogen (secondary N) is 1. The molecule has 1 nitrogen and oxygen atoms in total. The van der Waals surface area contributed by atoms with Crippen LogP contribution < -0.4 is 5.32 Å². The lowest BCUT2D eigenvalue weighted by Gasteiger charge is -2.20. The van der Waals surface area contributed by atoms with E-state index in [2.05, 4.69) is 56.9 Å². The van der Waals surface area contributed by atoms with Gasteiger partial charge in [0.2, 0.25) is 0 Å². The normalized spacial score (nSPS) is 12.4. The SMILES string of the molecule is C=C(CC)CC(NCCC)c1ccc(SCC)cc1. The van der Waals surface area contributed by atoms with Gasteiger partial charge in [0.25, 0.3) is 0 Å². The van der Waals surface area contributed by atoms with Gasteiger partial charge in [-0.25, -0.2) is 0 Å². The van der Waals surface area contributed by atoms with Crippen LogP contribution in [0.15, 0.2) is 41.3 Å². The van der Waals surface area contributed by atoms with Crippen LogP contribution in [0.5, 0.6) is 0 Å². The van der Waals surface area contributed by atoms with Crippen LogP contribution in [0.4, 0.5) is 0 Å². The minimum Gasteiger partial charge on any atom is -0.310 e. The topological polar surface area (TPSA) is 12.0 Å². The third kappa shape index (κ3) is 5.84. The molecule has 0 fully saturated rings. The summed E-state index contributed by atoms with van der Waals surface area (Å²) in [6, 6.07) is 9.40. The van der Waals surface area contributed by atoms with Gasteiger partial charge >= 0.3 is 0 Å². The Kier molecular flexibility index (Phi) is 7.92. The summed E-state index contributed by atoms with van der Waals surface area (Å²) in [6.45, 7) is 11.8. The van der Waals surface area contributed by atoms with E-state index in [1.54, 1.807) is 0 Å². The molecule has 0 aliphatic rings. The number of thioether (sulfide) groups is 1. The molecule has 1 unspecified atom stereocenters. The third-order valence-electron chi connectivity index (χ3n) is 3.23. The van der Waals surface area contributed by atoms with Crippen molar-refractivity contribution >= 4 is 11.8 Å². The Hall–Kier alpha value is -0.730. The Morgan fingerprint density at radius 3 is 2.42 bits per heavy atom. The van der Waals surface area contributed by atoms with Crippen molar-refractivity contribution in [3.8, 4) is 0 Å². The van der Waals surface area contributed by atoms with Gasteiger partial charge in [-0.3, -0.25) is 0 Å². The van der Waals surface area contributed by atoms with Crippen LogP contribution in [-0.4, -0.2) is 12.3 Å².